The zero-order valence-electron chi connectivity index (χ0n) is 11.4. The van der Waals surface area contributed by atoms with Crippen molar-refractivity contribution in [2.75, 3.05) is 13.6 Å². The topological polar surface area (TPSA) is 75.4 Å². The summed E-state index contributed by atoms with van der Waals surface area (Å²) >= 11 is 0. The quantitative estimate of drug-likeness (QED) is 0.780. The van der Waals surface area contributed by atoms with E-state index in [0.717, 1.165) is 38.5 Å². The Morgan fingerprint density at radius 2 is 1.83 bits per heavy atom. The van der Waals surface area contributed by atoms with E-state index in [2.05, 4.69) is 11.6 Å². The lowest BCUT2D eigenvalue weighted by molar-refractivity contribution is 0.134. The van der Waals surface area contributed by atoms with E-state index in [1.165, 1.54) is 4.31 Å². The number of hydrogen-bond donors (Lipinski definition) is 2. The summed E-state index contributed by atoms with van der Waals surface area (Å²) in [6, 6.07) is 0.148. The van der Waals surface area contributed by atoms with Crippen molar-refractivity contribution in [1.29, 1.82) is 0 Å². The Morgan fingerprint density at radius 3 is 2.28 bits per heavy atom. The van der Waals surface area contributed by atoms with Crippen molar-refractivity contribution in [3.63, 3.8) is 0 Å². The van der Waals surface area contributed by atoms with E-state index < -0.39 is 10.2 Å². The molecule has 0 aromatic carbocycles. The Labute approximate surface area is 110 Å². The normalized spacial score (nSPS) is 33.9. The molecule has 0 aromatic heterocycles. The predicted molar refractivity (Wildman–Crippen MR) is 72.3 cm³/mol. The molecular formula is C12H25N3O2S. The lowest BCUT2D eigenvalue weighted by Crippen LogP contribution is -2.58. The monoisotopic (exact) mass is 275 g/mol. The van der Waals surface area contributed by atoms with Gasteiger partial charge in [-0.2, -0.15) is 17.4 Å². The first kappa shape index (κ1) is 14.2. The predicted octanol–water partition coefficient (Wildman–Crippen LogP) is 0.823. The lowest BCUT2D eigenvalue weighted by Gasteiger charge is -2.44. The van der Waals surface area contributed by atoms with E-state index in [0.29, 0.717) is 12.5 Å². The van der Waals surface area contributed by atoms with Crippen molar-refractivity contribution >= 4 is 10.2 Å². The molecule has 0 aromatic rings. The molecule has 2 rings (SSSR count). The highest BCUT2D eigenvalue weighted by atomic mass is 32.2. The van der Waals surface area contributed by atoms with Gasteiger partial charge in [-0.3, -0.25) is 0 Å². The number of rotatable bonds is 5. The van der Waals surface area contributed by atoms with Crippen molar-refractivity contribution in [2.24, 2.45) is 11.7 Å². The summed E-state index contributed by atoms with van der Waals surface area (Å²) in [7, 11) is -1.71. The molecule has 5 nitrogen and oxygen atoms in total. The van der Waals surface area contributed by atoms with Crippen LogP contribution in [0.4, 0.5) is 0 Å². The Kier molecular flexibility index (Phi) is 4.02. The summed E-state index contributed by atoms with van der Waals surface area (Å²) < 4.78 is 28.8. The molecule has 2 fully saturated rings. The second kappa shape index (κ2) is 5.07. The first-order valence-electron chi connectivity index (χ1n) is 6.86. The summed E-state index contributed by atoms with van der Waals surface area (Å²) in [6.45, 7) is 2.62. The minimum Gasteiger partial charge on any atom is -0.329 e. The van der Waals surface area contributed by atoms with Gasteiger partial charge in [0.25, 0.3) is 10.2 Å². The van der Waals surface area contributed by atoms with Crippen LogP contribution in [0.3, 0.4) is 0 Å². The van der Waals surface area contributed by atoms with Crippen LogP contribution in [0.15, 0.2) is 0 Å². The fraction of sp³-hybridized carbons (Fsp3) is 1.00. The van der Waals surface area contributed by atoms with Gasteiger partial charge in [0.1, 0.15) is 0 Å². The van der Waals surface area contributed by atoms with E-state index >= 15 is 0 Å². The molecule has 2 saturated carbocycles. The van der Waals surface area contributed by atoms with Crippen LogP contribution in [0.1, 0.15) is 45.4 Å². The number of hydrogen-bond acceptors (Lipinski definition) is 3. The molecule has 0 bridgehead atoms. The van der Waals surface area contributed by atoms with Gasteiger partial charge in [-0.15, -0.1) is 0 Å². The highest BCUT2D eigenvalue weighted by Crippen LogP contribution is 2.36. The molecular weight excluding hydrogens is 250 g/mol. The number of nitrogens with zero attached hydrogens (tertiary/aromatic N) is 1. The van der Waals surface area contributed by atoms with Gasteiger partial charge in [-0.1, -0.05) is 6.92 Å². The molecule has 106 valence electrons. The summed E-state index contributed by atoms with van der Waals surface area (Å²) in [4.78, 5) is 0. The maximum Gasteiger partial charge on any atom is 0.279 e. The van der Waals surface area contributed by atoms with Crippen molar-refractivity contribution < 1.29 is 8.42 Å². The molecule has 0 unspecified atom stereocenters. The van der Waals surface area contributed by atoms with Crippen molar-refractivity contribution in [2.45, 2.75) is 57.0 Å². The first-order chi connectivity index (χ1) is 8.39. The Hall–Kier alpha value is -0.170. The zero-order chi connectivity index (χ0) is 13.4. The summed E-state index contributed by atoms with van der Waals surface area (Å²) in [5.41, 5.74) is 5.51. The average molecular weight is 275 g/mol. The smallest absolute Gasteiger partial charge is 0.279 e. The summed E-state index contributed by atoms with van der Waals surface area (Å²) in [5, 5.41) is 0. The van der Waals surface area contributed by atoms with Gasteiger partial charge >= 0.3 is 0 Å². The fourth-order valence-electron chi connectivity index (χ4n) is 2.69. The van der Waals surface area contributed by atoms with Gasteiger partial charge in [-0.25, -0.2) is 0 Å². The highest BCUT2D eigenvalue weighted by molar-refractivity contribution is 7.87. The van der Waals surface area contributed by atoms with Gasteiger partial charge in [0.15, 0.2) is 0 Å². The molecule has 0 heterocycles. The van der Waals surface area contributed by atoms with E-state index in [1.807, 2.05) is 0 Å². The average Bonchev–Trinajstić information content (AvgIpc) is 3.13. The maximum atomic E-state index is 12.3. The van der Waals surface area contributed by atoms with Gasteiger partial charge in [0, 0.05) is 25.2 Å². The second-order valence-corrected chi connectivity index (χ2v) is 7.71. The van der Waals surface area contributed by atoms with Crippen LogP contribution >= 0.6 is 0 Å². The van der Waals surface area contributed by atoms with E-state index in [1.54, 1.807) is 7.05 Å². The molecule has 3 N–H and O–H groups in total. The van der Waals surface area contributed by atoms with Crippen molar-refractivity contribution in [3.8, 4) is 0 Å². The van der Waals surface area contributed by atoms with Crippen molar-refractivity contribution in [1.82, 2.24) is 9.03 Å². The molecule has 0 spiro atoms. The third-order valence-electron chi connectivity index (χ3n) is 4.51. The third-order valence-corrected chi connectivity index (χ3v) is 6.25. The van der Waals surface area contributed by atoms with Crippen LogP contribution in [0.2, 0.25) is 0 Å². The zero-order valence-corrected chi connectivity index (χ0v) is 12.2. The van der Waals surface area contributed by atoms with Crippen LogP contribution in [-0.4, -0.2) is 37.9 Å². The van der Waals surface area contributed by atoms with Gasteiger partial charge in [0.2, 0.25) is 0 Å². The van der Waals surface area contributed by atoms with Crippen LogP contribution in [0.25, 0.3) is 0 Å². The molecule has 6 heteroatoms. The SMILES string of the molecule is CC1CCC(CN)(N(C)S(=O)(=O)NC2CC2)CC1. The van der Waals surface area contributed by atoms with Crippen LogP contribution in [0.5, 0.6) is 0 Å². The third kappa shape index (κ3) is 2.87. The van der Waals surface area contributed by atoms with Crippen LogP contribution in [-0.2, 0) is 10.2 Å². The molecule has 0 amide bonds. The largest absolute Gasteiger partial charge is 0.329 e. The van der Waals surface area contributed by atoms with E-state index in [4.69, 9.17) is 5.73 Å². The fourth-order valence-corrected chi connectivity index (χ4v) is 4.27. The molecule has 2 aliphatic carbocycles. The van der Waals surface area contributed by atoms with Crippen molar-refractivity contribution in [3.05, 3.63) is 0 Å². The number of likely N-dealkylation sites (N-methyl/N-ethyl adjacent to an activating group) is 1. The molecule has 0 atom stereocenters. The molecule has 0 radical (unpaired) electrons. The Morgan fingerprint density at radius 1 is 1.28 bits per heavy atom. The molecule has 0 aliphatic heterocycles. The van der Waals surface area contributed by atoms with E-state index in [-0.39, 0.29) is 11.6 Å². The van der Waals surface area contributed by atoms with Crippen LogP contribution < -0.4 is 10.5 Å². The van der Waals surface area contributed by atoms with E-state index in [9.17, 15) is 8.42 Å². The Balaban J connectivity index is 2.10. The summed E-state index contributed by atoms with van der Waals surface area (Å²) in [5.74, 6) is 0.678. The Bertz CT molecular complexity index is 384. The lowest BCUT2D eigenvalue weighted by atomic mass is 9.77. The molecule has 0 saturated heterocycles. The standard InChI is InChI=1S/C12H25N3O2S/c1-10-5-7-12(9-13,8-6-10)15(2)18(16,17)14-11-3-4-11/h10-11,14H,3-9,13H2,1-2H3. The van der Waals surface area contributed by atoms with Crippen LogP contribution in [0, 0.1) is 5.92 Å². The minimum atomic E-state index is -3.38. The minimum absolute atomic E-state index is 0.148. The van der Waals surface area contributed by atoms with Gasteiger partial charge in [0.05, 0.1) is 0 Å². The first-order valence-corrected chi connectivity index (χ1v) is 8.30. The summed E-state index contributed by atoms with van der Waals surface area (Å²) in [6.07, 6.45) is 5.76. The van der Waals surface area contributed by atoms with Gasteiger partial charge < -0.3 is 5.73 Å². The highest BCUT2D eigenvalue weighted by Gasteiger charge is 2.43. The van der Waals surface area contributed by atoms with Gasteiger partial charge in [-0.05, 0) is 44.4 Å². The maximum absolute atomic E-state index is 12.3. The molecule has 18 heavy (non-hydrogen) atoms. The molecule has 2 aliphatic rings. The number of nitrogens with two attached hydrogens (primary N) is 1. The number of nitrogens with one attached hydrogen (secondary N) is 1. The second-order valence-electron chi connectivity index (χ2n) is 5.98.